The maximum Gasteiger partial charge on any atom is 0.241 e. The van der Waals surface area contributed by atoms with Crippen LogP contribution in [0.4, 0.5) is 0 Å². The fourth-order valence-corrected chi connectivity index (χ4v) is 1.57. The first kappa shape index (κ1) is 14.7. The van der Waals surface area contributed by atoms with E-state index >= 15 is 0 Å². The summed E-state index contributed by atoms with van der Waals surface area (Å²) in [6.07, 6.45) is 3.55. The first-order valence-electron chi connectivity index (χ1n) is 6.05. The lowest BCUT2D eigenvalue weighted by atomic mass is 10.1. The summed E-state index contributed by atoms with van der Waals surface area (Å²) in [5, 5.41) is 10.0. The van der Waals surface area contributed by atoms with E-state index in [-0.39, 0.29) is 11.9 Å². The molecule has 0 bridgehead atoms. The lowest BCUT2D eigenvalue weighted by Crippen LogP contribution is -2.42. The van der Waals surface area contributed by atoms with E-state index in [9.17, 15) is 4.79 Å². The van der Waals surface area contributed by atoms with Crippen molar-refractivity contribution in [2.45, 2.75) is 19.0 Å². The molecule has 0 saturated carbocycles. The highest BCUT2D eigenvalue weighted by Gasteiger charge is 2.20. The summed E-state index contributed by atoms with van der Waals surface area (Å²) in [6, 6.07) is -0.0478. The number of aryl methyl sites for hydroxylation is 1. The molecule has 2 unspecified atom stereocenters. The summed E-state index contributed by atoms with van der Waals surface area (Å²) >= 11 is 0. The molecule has 1 heterocycles. The molecule has 0 saturated heterocycles. The molecule has 0 aliphatic rings. The van der Waals surface area contributed by atoms with Crippen LogP contribution in [0, 0.1) is 0 Å². The second kappa shape index (κ2) is 6.51. The molecule has 0 aliphatic heterocycles. The molecule has 0 radical (unpaired) electrons. The van der Waals surface area contributed by atoms with Gasteiger partial charge in [-0.05, 0) is 28.1 Å². The summed E-state index contributed by atoms with van der Waals surface area (Å²) in [4.78, 5) is 14.2. The van der Waals surface area contributed by atoms with E-state index < -0.39 is 0 Å². The van der Waals surface area contributed by atoms with E-state index in [0.717, 1.165) is 5.56 Å². The van der Waals surface area contributed by atoms with Crippen molar-refractivity contribution in [3.8, 4) is 0 Å². The van der Waals surface area contributed by atoms with Crippen LogP contribution in [0.15, 0.2) is 12.4 Å². The summed E-state index contributed by atoms with van der Waals surface area (Å²) < 4.78 is 1.69. The summed E-state index contributed by atoms with van der Waals surface area (Å²) in [5.41, 5.74) is 0.870. The van der Waals surface area contributed by atoms with Gasteiger partial charge in [-0.25, -0.2) is 0 Å². The Labute approximate surface area is 108 Å². The summed E-state index contributed by atoms with van der Waals surface area (Å²) in [7, 11) is 7.59. The second-order valence-electron chi connectivity index (χ2n) is 4.73. The van der Waals surface area contributed by atoms with Gasteiger partial charge in [-0.3, -0.25) is 9.48 Å². The van der Waals surface area contributed by atoms with Crippen molar-refractivity contribution < 1.29 is 4.79 Å². The minimum absolute atomic E-state index is 0.0285. The molecule has 0 spiro atoms. The van der Waals surface area contributed by atoms with Gasteiger partial charge in [0.2, 0.25) is 5.91 Å². The van der Waals surface area contributed by atoms with Gasteiger partial charge in [-0.1, -0.05) is 0 Å². The van der Waals surface area contributed by atoms with Crippen LogP contribution >= 0.6 is 0 Å². The molecule has 6 heteroatoms. The number of likely N-dealkylation sites (N-methyl/N-ethyl adjacent to an activating group) is 2. The van der Waals surface area contributed by atoms with Gasteiger partial charge in [-0.15, -0.1) is 0 Å². The van der Waals surface area contributed by atoms with Crippen LogP contribution in [-0.2, 0) is 11.8 Å². The molecular weight excluding hydrogens is 230 g/mol. The van der Waals surface area contributed by atoms with E-state index in [1.807, 2.05) is 27.3 Å². The third-order valence-corrected chi connectivity index (χ3v) is 3.06. The number of carbonyl (C=O) groups excluding carboxylic acids is 1. The maximum absolute atomic E-state index is 12.1. The topological polar surface area (TPSA) is 62.2 Å². The lowest BCUT2D eigenvalue weighted by Gasteiger charge is -2.21. The average molecular weight is 253 g/mol. The van der Waals surface area contributed by atoms with Crippen molar-refractivity contribution in [1.82, 2.24) is 25.3 Å². The Morgan fingerprint density at radius 2 is 2.22 bits per heavy atom. The fourth-order valence-electron chi connectivity index (χ4n) is 1.57. The van der Waals surface area contributed by atoms with Crippen molar-refractivity contribution >= 4 is 5.91 Å². The zero-order valence-corrected chi connectivity index (χ0v) is 11.8. The van der Waals surface area contributed by atoms with E-state index in [0.29, 0.717) is 12.6 Å². The number of aromatic nitrogens is 2. The highest BCUT2D eigenvalue weighted by molar-refractivity contribution is 5.83. The normalized spacial score (nSPS) is 14.6. The van der Waals surface area contributed by atoms with Crippen molar-refractivity contribution in [2.24, 2.45) is 7.05 Å². The number of hydrogen-bond donors (Lipinski definition) is 2. The van der Waals surface area contributed by atoms with Gasteiger partial charge < -0.3 is 15.5 Å². The van der Waals surface area contributed by atoms with Gasteiger partial charge in [0.1, 0.15) is 6.04 Å². The standard InChI is InChI=1S/C12H23N5O/c1-9(16(3)4)6-14-12(18)11(13-2)10-7-15-17(5)8-10/h7-9,11,13H,6H2,1-5H3,(H,14,18). The number of nitrogens with zero attached hydrogens (tertiary/aromatic N) is 3. The van der Waals surface area contributed by atoms with Crippen LogP contribution in [0.2, 0.25) is 0 Å². The molecule has 0 aromatic carbocycles. The number of amides is 1. The van der Waals surface area contributed by atoms with Crippen LogP contribution in [0.3, 0.4) is 0 Å². The molecule has 1 rings (SSSR count). The van der Waals surface area contributed by atoms with Gasteiger partial charge in [-0.2, -0.15) is 5.10 Å². The Kier molecular flexibility index (Phi) is 5.30. The molecule has 2 N–H and O–H groups in total. The van der Waals surface area contributed by atoms with E-state index in [1.165, 1.54) is 0 Å². The molecule has 0 aliphatic carbocycles. The highest BCUT2D eigenvalue weighted by atomic mass is 16.2. The first-order valence-corrected chi connectivity index (χ1v) is 6.05. The summed E-state index contributed by atoms with van der Waals surface area (Å²) in [6.45, 7) is 2.70. The Bertz CT molecular complexity index is 388. The second-order valence-corrected chi connectivity index (χ2v) is 4.73. The minimum Gasteiger partial charge on any atom is -0.353 e. The van der Waals surface area contributed by atoms with Crippen molar-refractivity contribution in [3.63, 3.8) is 0 Å². The van der Waals surface area contributed by atoms with Crippen LogP contribution in [0.1, 0.15) is 18.5 Å². The first-order chi connectivity index (χ1) is 8.45. The molecule has 1 amide bonds. The van der Waals surface area contributed by atoms with Crippen LogP contribution in [0.25, 0.3) is 0 Å². The number of carbonyl (C=O) groups is 1. The zero-order chi connectivity index (χ0) is 13.7. The number of hydrogen-bond acceptors (Lipinski definition) is 4. The SMILES string of the molecule is CNC(C(=O)NCC(C)N(C)C)c1cnn(C)c1. The van der Waals surface area contributed by atoms with Crippen LogP contribution < -0.4 is 10.6 Å². The molecule has 2 atom stereocenters. The van der Waals surface area contributed by atoms with E-state index in [2.05, 4.69) is 27.6 Å². The van der Waals surface area contributed by atoms with E-state index in [4.69, 9.17) is 0 Å². The quantitative estimate of drug-likeness (QED) is 0.734. The van der Waals surface area contributed by atoms with Crippen molar-refractivity contribution in [1.29, 1.82) is 0 Å². The lowest BCUT2D eigenvalue weighted by molar-refractivity contribution is -0.123. The van der Waals surface area contributed by atoms with Crippen molar-refractivity contribution in [2.75, 3.05) is 27.7 Å². The average Bonchev–Trinajstić information content (AvgIpc) is 2.73. The predicted octanol–water partition coefficient (Wildman–Crippen LogP) is -0.253. The highest BCUT2D eigenvalue weighted by Crippen LogP contribution is 2.10. The van der Waals surface area contributed by atoms with E-state index in [1.54, 1.807) is 17.9 Å². The molecule has 102 valence electrons. The number of rotatable bonds is 6. The Hall–Kier alpha value is -1.40. The van der Waals surface area contributed by atoms with Crippen LogP contribution in [-0.4, -0.2) is 54.3 Å². The van der Waals surface area contributed by atoms with Gasteiger partial charge >= 0.3 is 0 Å². The van der Waals surface area contributed by atoms with Crippen molar-refractivity contribution in [3.05, 3.63) is 18.0 Å². The number of nitrogens with one attached hydrogen (secondary N) is 2. The van der Waals surface area contributed by atoms with Gasteiger partial charge in [0, 0.05) is 31.4 Å². The van der Waals surface area contributed by atoms with Gasteiger partial charge in [0.15, 0.2) is 0 Å². The molecule has 1 aromatic rings. The predicted molar refractivity (Wildman–Crippen MR) is 71.2 cm³/mol. The Morgan fingerprint density at radius 1 is 1.56 bits per heavy atom. The molecular formula is C12H23N5O. The fraction of sp³-hybridized carbons (Fsp3) is 0.667. The minimum atomic E-state index is -0.354. The smallest absolute Gasteiger partial charge is 0.241 e. The third-order valence-electron chi connectivity index (χ3n) is 3.06. The van der Waals surface area contributed by atoms with Gasteiger partial charge in [0.25, 0.3) is 0 Å². The Morgan fingerprint density at radius 3 is 2.67 bits per heavy atom. The molecule has 1 aromatic heterocycles. The molecule has 0 fully saturated rings. The van der Waals surface area contributed by atoms with Gasteiger partial charge in [0.05, 0.1) is 6.20 Å². The Balaban J connectivity index is 2.58. The largest absolute Gasteiger partial charge is 0.353 e. The third kappa shape index (κ3) is 3.82. The molecule has 6 nitrogen and oxygen atoms in total. The summed E-state index contributed by atoms with van der Waals surface area (Å²) in [5.74, 6) is -0.0285. The molecule has 18 heavy (non-hydrogen) atoms. The zero-order valence-electron chi connectivity index (χ0n) is 11.8. The maximum atomic E-state index is 12.1. The van der Waals surface area contributed by atoms with Crippen LogP contribution in [0.5, 0.6) is 0 Å². The monoisotopic (exact) mass is 253 g/mol.